The lowest BCUT2D eigenvalue weighted by Crippen LogP contribution is -2.38. The average Bonchev–Trinajstić information content (AvgIpc) is 2.58. The zero-order valence-electron chi connectivity index (χ0n) is 12.8. The van der Waals surface area contributed by atoms with Crippen molar-refractivity contribution in [1.29, 1.82) is 0 Å². The lowest BCUT2D eigenvalue weighted by atomic mass is 9.98. The average molecular weight is 329 g/mol. The quantitative estimate of drug-likeness (QED) is 0.624. The lowest BCUT2D eigenvalue weighted by Gasteiger charge is -2.35. The van der Waals surface area contributed by atoms with Gasteiger partial charge in [0.1, 0.15) is 0 Å². The Hall–Kier alpha value is -1.95. The molecule has 2 aromatic carbocycles. The second-order valence-corrected chi connectivity index (χ2v) is 7.02. The molecule has 0 amide bonds. The Morgan fingerprint density at radius 2 is 1.83 bits per heavy atom. The van der Waals surface area contributed by atoms with E-state index in [-0.39, 0.29) is 4.90 Å². The summed E-state index contributed by atoms with van der Waals surface area (Å²) < 4.78 is 30.8. The molecule has 0 spiro atoms. The van der Waals surface area contributed by atoms with Gasteiger partial charge < -0.3 is 0 Å². The molecule has 1 heterocycles. The van der Waals surface area contributed by atoms with Crippen LogP contribution in [0, 0.1) is 0 Å². The smallest absolute Gasteiger partial charge is 0.269 e. The zero-order chi connectivity index (χ0) is 16.3. The molecule has 120 valence electrons. The fraction of sp³-hybridized carbons (Fsp3) is 0.222. The van der Waals surface area contributed by atoms with E-state index in [1.54, 1.807) is 36.4 Å². The van der Waals surface area contributed by atoms with Gasteiger partial charge in [0.15, 0.2) is 6.23 Å². The van der Waals surface area contributed by atoms with Crippen LogP contribution >= 0.6 is 0 Å². The van der Waals surface area contributed by atoms with E-state index in [9.17, 15) is 8.42 Å². The van der Waals surface area contributed by atoms with Crippen LogP contribution in [0.1, 0.15) is 17.4 Å². The van der Waals surface area contributed by atoms with E-state index in [4.69, 9.17) is 4.18 Å². The molecule has 1 atom stereocenters. The Bertz CT molecular complexity index is 787. The van der Waals surface area contributed by atoms with Gasteiger partial charge >= 0.3 is 0 Å². The van der Waals surface area contributed by atoms with E-state index >= 15 is 0 Å². The van der Waals surface area contributed by atoms with Gasteiger partial charge in [0.2, 0.25) is 0 Å². The molecule has 0 fully saturated rings. The van der Waals surface area contributed by atoms with Gasteiger partial charge in [-0.1, -0.05) is 48.5 Å². The molecule has 2 aromatic rings. The third-order valence-electron chi connectivity index (χ3n) is 3.93. The zero-order valence-corrected chi connectivity index (χ0v) is 13.6. The summed E-state index contributed by atoms with van der Waals surface area (Å²) in [7, 11) is -3.83. The monoisotopic (exact) mass is 329 g/mol. The van der Waals surface area contributed by atoms with Crippen LogP contribution in [0.4, 0.5) is 0 Å². The summed E-state index contributed by atoms with van der Waals surface area (Å²) in [6.45, 7) is 5.06. The Labute approximate surface area is 137 Å². The normalized spacial score (nSPS) is 18.3. The van der Waals surface area contributed by atoms with E-state index in [1.807, 2.05) is 29.2 Å². The first-order valence-corrected chi connectivity index (χ1v) is 8.94. The summed E-state index contributed by atoms with van der Waals surface area (Å²) >= 11 is 0. The third kappa shape index (κ3) is 3.37. The molecular formula is C18H19NO3S. The number of hydrogen-bond acceptors (Lipinski definition) is 4. The Balaban J connectivity index is 1.96. The fourth-order valence-corrected chi connectivity index (χ4v) is 3.88. The van der Waals surface area contributed by atoms with Crippen LogP contribution in [-0.4, -0.2) is 26.4 Å². The number of rotatable bonds is 5. The molecule has 0 N–H and O–H groups in total. The second-order valence-electron chi connectivity index (χ2n) is 5.45. The highest BCUT2D eigenvalue weighted by molar-refractivity contribution is 7.86. The number of hydrogen-bond donors (Lipinski definition) is 0. The molecule has 23 heavy (non-hydrogen) atoms. The first-order valence-electron chi connectivity index (χ1n) is 7.53. The highest BCUT2D eigenvalue weighted by Crippen LogP contribution is 2.33. The predicted octanol–water partition coefficient (Wildman–Crippen LogP) is 3.13. The van der Waals surface area contributed by atoms with Crippen LogP contribution in [0.25, 0.3) is 0 Å². The predicted molar refractivity (Wildman–Crippen MR) is 89.4 cm³/mol. The van der Waals surface area contributed by atoms with Crippen molar-refractivity contribution >= 4 is 10.1 Å². The molecule has 0 aliphatic carbocycles. The van der Waals surface area contributed by atoms with Crippen molar-refractivity contribution in [3.63, 3.8) is 0 Å². The van der Waals surface area contributed by atoms with Gasteiger partial charge in [-0.3, -0.25) is 4.90 Å². The third-order valence-corrected chi connectivity index (χ3v) is 5.22. The van der Waals surface area contributed by atoms with Crippen LogP contribution in [0.5, 0.6) is 0 Å². The van der Waals surface area contributed by atoms with Gasteiger partial charge in [-0.15, -0.1) is 6.58 Å². The van der Waals surface area contributed by atoms with Crippen molar-refractivity contribution in [1.82, 2.24) is 4.90 Å². The maximum absolute atomic E-state index is 12.6. The summed E-state index contributed by atoms with van der Waals surface area (Å²) in [6.07, 6.45) is 2.01. The molecular weight excluding hydrogens is 310 g/mol. The molecule has 5 heteroatoms. The highest BCUT2D eigenvalue weighted by Gasteiger charge is 2.32. The molecule has 4 nitrogen and oxygen atoms in total. The van der Waals surface area contributed by atoms with Crippen LogP contribution in [0.2, 0.25) is 0 Å². The van der Waals surface area contributed by atoms with E-state index in [0.717, 1.165) is 24.1 Å². The maximum atomic E-state index is 12.6. The summed E-state index contributed by atoms with van der Waals surface area (Å²) in [6, 6.07) is 16.1. The SMILES string of the molecule is C=CCN1CCc2ccccc2C1OS(=O)(=O)c1ccccc1. The first kappa shape index (κ1) is 15.9. The van der Waals surface area contributed by atoms with Gasteiger partial charge in [-0.25, -0.2) is 4.18 Å². The Morgan fingerprint density at radius 3 is 2.57 bits per heavy atom. The van der Waals surface area contributed by atoms with Gasteiger partial charge in [0.05, 0.1) is 4.90 Å². The standard InChI is InChI=1S/C18H19NO3S/c1-2-13-19-14-12-15-8-6-7-11-17(15)18(19)22-23(20,21)16-9-4-3-5-10-16/h2-11,18H,1,12-14H2. The van der Waals surface area contributed by atoms with Gasteiger partial charge in [-0.05, 0) is 24.1 Å². The van der Waals surface area contributed by atoms with Crippen LogP contribution in [0.15, 0.2) is 72.1 Å². The summed E-state index contributed by atoms with van der Waals surface area (Å²) in [5, 5.41) is 0. The first-order chi connectivity index (χ1) is 11.1. The number of nitrogens with zero attached hydrogens (tertiary/aromatic N) is 1. The topological polar surface area (TPSA) is 46.6 Å². The molecule has 1 unspecified atom stereocenters. The Kier molecular flexibility index (Phi) is 4.61. The minimum Gasteiger partial charge on any atom is -0.269 e. The molecule has 0 saturated heterocycles. The van der Waals surface area contributed by atoms with Crippen molar-refractivity contribution in [3.8, 4) is 0 Å². The maximum Gasteiger partial charge on any atom is 0.298 e. The van der Waals surface area contributed by atoms with Crippen LogP contribution in [-0.2, 0) is 20.7 Å². The van der Waals surface area contributed by atoms with E-state index in [1.165, 1.54) is 0 Å². The van der Waals surface area contributed by atoms with Crippen molar-refractivity contribution in [3.05, 3.63) is 78.4 Å². The minimum atomic E-state index is -3.83. The van der Waals surface area contributed by atoms with Crippen molar-refractivity contribution in [2.45, 2.75) is 17.5 Å². The molecule has 0 aromatic heterocycles. The summed E-state index contributed by atoms with van der Waals surface area (Å²) in [5.74, 6) is 0. The van der Waals surface area contributed by atoms with E-state index in [0.29, 0.717) is 6.54 Å². The minimum absolute atomic E-state index is 0.168. The van der Waals surface area contributed by atoms with Gasteiger partial charge in [0, 0.05) is 18.7 Å². The van der Waals surface area contributed by atoms with Crippen LogP contribution < -0.4 is 0 Å². The second kappa shape index (κ2) is 6.66. The molecule has 0 bridgehead atoms. The number of benzene rings is 2. The summed E-state index contributed by atoms with van der Waals surface area (Å²) in [5.41, 5.74) is 2.03. The largest absolute Gasteiger partial charge is 0.298 e. The highest BCUT2D eigenvalue weighted by atomic mass is 32.2. The van der Waals surface area contributed by atoms with E-state index < -0.39 is 16.3 Å². The van der Waals surface area contributed by atoms with Crippen molar-refractivity contribution < 1.29 is 12.6 Å². The molecule has 3 rings (SSSR count). The fourth-order valence-electron chi connectivity index (χ4n) is 2.81. The molecule has 0 radical (unpaired) electrons. The van der Waals surface area contributed by atoms with E-state index in [2.05, 4.69) is 6.58 Å². The molecule has 0 saturated carbocycles. The summed E-state index contributed by atoms with van der Waals surface area (Å²) in [4.78, 5) is 2.15. The molecule has 1 aliphatic heterocycles. The Morgan fingerprint density at radius 1 is 1.13 bits per heavy atom. The van der Waals surface area contributed by atoms with Crippen LogP contribution in [0.3, 0.4) is 0 Å². The van der Waals surface area contributed by atoms with Crippen molar-refractivity contribution in [2.24, 2.45) is 0 Å². The van der Waals surface area contributed by atoms with Crippen molar-refractivity contribution in [2.75, 3.05) is 13.1 Å². The molecule has 1 aliphatic rings. The van der Waals surface area contributed by atoms with Gasteiger partial charge in [-0.2, -0.15) is 8.42 Å². The van der Waals surface area contributed by atoms with Gasteiger partial charge in [0.25, 0.3) is 10.1 Å². The lowest BCUT2D eigenvalue weighted by molar-refractivity contribution is 0.0294. The number of fused-ring (bicyclic) bond motifs is 1.